The van der Waals surface area contributed by atoms with Crippen LogP contribution in [0.1, 0.15) is 10.4 Å². The van der Waals surface area contributed by atoms with Gasteiger partial charge in [-0.25, -0.2) is 14.5 Å². The number of aromatic nitrogens is 4. The molecule has 3 heterocycles. The molecule has 0 unspecified atom stereocenters. The monoisotopic (exact) mass is 318 g/mol. The van der Waals surface area contributed by atoms with Crippen LogP contribution in [0.25, 0.3) is 16.7 Å². The lowest BCUT2D eigenvalue weighted by molar-refractivity contribution is 0.0698. The van der Waals surface area contributed by atoms with Crippen molar-refractivity contribution in [2.75, 3.05) is 0 Å². The molecular weight excluding hydrogens is 312 g/mol. The zero-order valence-corrected chi connectivity index (χ0v) is 11.1. The van der Waals surface area contributed by atoms with Crippen LogP contribution in [0.5, 0.6) is 0 Å². The van der Waals surface area contributed by atoms with Crippen molar-refractivity contribution in [2.45, 2.75) is 0 Å². The minimum absolute atomic E-state index is 0.124. The lowest BCUT2D eigenvalue weighted by Gasteiger charge is -2.03. The third-order valence-electron chi connectivity index (χ3n) is 2.64. The Labute approximate surface area is 115 Å². The summed E-state index contributed by atoms with van der Waals surface area (Å²) in [6.07, 6.45) is 4.38. The van der Waals surface area contributed by atoms with Crippen molar-refractivity contribution >= 4 is 32.8 Å². The molecular formula is C12H7BrN4O2. The number of fused-ring (bicyclic) bond motifs is 1. The van der Waals surface area contributed by atoms with E-state index in [0.717, 1.165) is 0 Å². The van der Waals surface area contributed by atoms with Gasteiger partial charge in [-0.05, 0) is 28.1 Å². The van der Waals surface area contributed by atoms with Crippen LogP contribution in [0.3, 0.4) is 0 Å². The normalized spacial score (nSPS) is 10.8. The van der Waals surface area contributed by atoms with Gasteiger partial charge < -0.3 is 5.11 Å². The first-order valence-electron chi connectivity index (χ1n) is 5.35. The summed E-state index contributed by atoms with van der Waals surface area (Å²) in [6, 6.07) is 5.41. The fraction of sp³-hybridized carbons (Fsp3) is 0. The third kappa shape index (κ3) is 1.97. The van der Waals surface area contributed by atoms with Crippen LogP contribution < -0.4 is 0 Å². The predicted octanol–water partition coefficient (Wildman–Crippen LogP) is 2.28. The smallest absolute Gasteiger partial charge is 0.338 e. The highest BCUT2D eigenvalue weighted by Crippen LogP contribution is 2.20. The van der Waals surface area contributed by atoms with E-state index in [1.165, 1.54) is 12.4 Å². The molecule has 19 heavy (non-hydrogen) atoms. The second-order valence-electron chi connectivity index (χ2n) is 3.80. The van der Waals surface area contributed by atoms with Gasteiger partial charge in [0.25, 0.3) is 0 Å². The predicted molar refractivity (Wildman–Crippen MR) is 71.3 cm³/mol. The highest BCUT2D eigenvalue weighted by atomic mass is 79.9. The molecule has 0 aromatic carbocycles. The standard InChI is InChI=1S/C12H7BrN4O2/c13-10-2-1-3-11(16-10)17-9-6-14-4-8(12(18)19)7(9)5-15-17/h1-6H,(H,18,19). The number of carbonyl (C=O) groups is 1. The first-order valence-corrected chi connectivity index (χ1v) is 6.14. The zero-order chi connectivity index (χ0) is 13.4. The molecule has 0 atom stereocenters. The van der Waals surface area contributed by atoms with Gasteiger partial charge in [-0.1, -0.05) is 6.07 Å². The van der Waals surface area contributed by atoms with Crippen LogP contribution in [-0.4, -0.2) is 30.8 Å². The van der Waals surface area contributed by atoms with Crippen LogP contribution in [-0.2, 0) is 0 Å². The van der Waals surface area contributed by atoms with Gasteiger partial charge in [-0.3, -0.25) is 4.98 Å². The molecule has 1 N–H and O–H groups in total. The number of rotatable bonds is 2. The highest BCUT2D eigenvalue weighted by molar-refractivity contribution is 9.10. The van der Waals surface area contributed by atoms with E-state index >= 15 is 0 Å². The summed E-state index contributed by atoms with van der Waals surface area (Å²) in [6.45, 7) is 0. The number of hydrogen-bond acceptors (Lipinski definition) is 4. The van der Waals surface area contributed by atoms with Crippen molar-refractivity contribution in [1.29, 1.82) is 0 Å². The van der Waals surface area contributed by atoms with E-state index in [9.17, 15) is 4.79 Å². The van der Waals surface area contributed by atoms with Gasteiger partial charge in [0, 0.05) is 11.6 Å². The van der Waals surface area contributed by atoms with Crippen LogP contribution >= 0.6 is 15.9 Å². The van der Waals surface area contributed by atoms with E-state index in [1.54, 1.807) is 23.0 Å². The summed E-state index contributed by atoms with van der Waals surface area (Å²) in [4.78, 5) is 19.3. The molecule has 3 rings (SSSR count). The third-order valence-corrected chi connectivity index (χ3v) is 3.09. The first-order chi connectivity index (χ1) is 9.16. The number of pyridine rings is 2. The van der Waals surface area contributed by atoms with Gasteiger partial charge in [0.1, 0.15) is 4.60 Å². The van der Waals surface area contributed by atoms with Gasteiger partial charge in [0.15, 0.2) is 5.82 Å². The van der Waals surface area contributed by atoms with Crippen molar-refractivity contribution in [2.24, 2.45) is 0 Å². The summed E-state index contributed by atoms with van der Waals surface area (Å²) < 4.78 is 2.23. The summed E-state index contributed by atoms with van der Waals surface area (Å²) in [5.74, 6) is -0.437. The maximum absolute atomic E-state index is 11.1. The Hall–Kier alpha value is -2.28. The van der Waals surface area contributed by atoms with Crippen LogP contribution in [0, 0.1) is 0 Å². The number of carboxylic acids is 1. The second kappa shape index (κ2) is 4.43. The number of carboxylic acid groups (broad SMARTS) is 1. The van der Waals surface area contributed by atoms with Crippen LogP contribution in [0.2, 0.25) is 0 Å². The molecule has 0 bridgehead atoms. The lowest BCUT2D eigenvalue weighted by atomic mass is 10.2. The fourth-order valence-electron chi connectivity index (χ4n) is 1.81. The largest absolute Gasteiger partial charge is 0.478 e. The molecule has 0 amide bonds. The van der Waals surface area contributed by atoms with E-state index in [4.69, 9.17) is 5.11 Å². The highest BCUT2D eigenvalue weighted by Gasteiger charge is 2.14. The fourth-order valence-corrected chi connectivity index (χ4v) is 2.14. The van der Waals surface area contributed by atoms with Gasteiger partial charge in [-0.15, -0.1) is 0 Å². The Balaban J connectivity index is 2.27. The van der Waals surface area contributed by atoms with Crippen molar-refractivity contribution < 1.29 is 9.90 Å². The molecule has 6 nitrogen and oxygen atoms in total. The molecule has 0 fully saturated rings. The van der Waals surface area contributed by atoms with Crippen LogP contribution in [0.15, 0.2) is 41.4 Å². The minimum atomic E-state index is -1.03. The van der Waals surface area contributed by atoms with E-state index in [1.807, 2.05) is 6.07 Å². The molecule has 0 aliphatic rings. The molecule has 7 heteroatoms. The van der Waals surface area contributed by atoms with Crippen molar-refractivity contribution in [1.82, 2.24) is 19.7 Å². The Morgan fingerprint density at radius 1 is 1.26 bits per heavy atom. The van der Waals surface area contributed by atoms with Gasteiger partial charge in [0.05, 0.1) is 23.5 Å². The number of nitrogens with zero attached hydrogens (tertiary/aromatic N) is 4. The summed E-state index contributed by atoms with van der Waals surface area (Å²) in [7, 11) is 0. The number of halogens is 1. The maximum Gasteiger partial charge on any atom is 0.338 e. The number of hydrogen-bond donors (Lipinski definition) is 1. The topological polar surface area (TPSA) is 80.9 Å². The molecule has 0 radical (unpaired) electrons. The summed E-state index contributed by atoms with van der Waals surface area (Å²) >= 11 is 3.29. The average molecular weight is 319 g/mol. The van der Waals surface area contributed by atoms with Gasteiger partial charge >= 0.3 is 5.97 Å². The van der Waals surface area contributed by atoms with Gasteiger partial charge in [0.2, 0.25) is 0 Å². The summed E-state index contributed by atoms with van der Waals surface area (Å²) in [5, 5.41) is 13.8. The zero-order valence-electron chi connectivity index (χ0n) is 9.49. The van der Waals surface area contributed by atoms with Crippen molar-refractivity contribution in [3.8, 4) is 5.82 Å². The Kier molecular flexibility index (Phi) is 2.75. The molecule has 3 aromatic rings. The Morgan fingerprint density at radius 3 is 2.84 bits per heavy atom. The van der Waals surface area contributed by atoms with Crippen molar-refractivity contribution in [3.63, 3.8) is 0 Å². The number of aromatic carboxylic acids is 1. The minimum Gasteiger partial charge on any atom is -0.478 e. The molecule has 3 aromatic heterocycles. The lowest BCUT2D eigenvalue weighted by Crippen LogP contribution is -2.01. The molecule has 0 aliphatic heterocycles. The first kappa shape index (κ1) is 11.8. The Bertz CT molecular complexity index is 784. The SMILES string of the molecule is O=C(O)c1cncc2c1cnn2-c1cccc(Br)n1. The maximum atomic E-state index is 11.1. The van der Waals surface area contributed by atoms with E-state index < -0.39 is 5.97 Å². The van der Waals surface area contributed by atoms with Crippen molar-refractivity contribution in [3.05, 3.63) is 47.0 Å². The molecule has 0 aliphatic carbocycles. The van der Waals surface area contributed by atoms with Gasteiger partial charge in [-0.2, -0.15) is 5.10 Å². The average Bonchev–Trinajstić information content (AvgIpc) is 2.82. The Morgan fingerprint density at radius 2 is 2.11 bits per heavy atom. The second-order valence-corrected chi connectivity index (χ2v) is 4.61. The van der Waals surface area contributed by atoms with E-state index in [0.29, 0.717) is 21.3 Å². The van der Waals surface area contributed by atoms with E-state index in [2.05, 4.69) is 31.0 Å². The molecule has 0 spiro atoms. The molecule has 94 valence electrons. The quantitative estimate of drug-likeness (QED) is 0.733. The van der Waals surface area contributed by atoms with Crippen LogP contribution in [0.4, 0.5) is 0 Å². The summed E-state index contributed by atoms with van der Waals surface area (Å²) in [5.41, 5.74) is 0.726. The molecule has 0 saturated heterocycles. The van der Waals surface area contributed by atoms with E-state index in [-0.39, 0.29) is 5.56 Å². The molecule has 0 saturated carbocycles.